The van der Waals surface area contributed by atoms with Gasteiger partial charge in [-0.05, 0) is 19.3 Å². The molecule has 0 aromatic carbocycles. The lowest BCUT2D eigenvalue weighted by molar-refractivity contribution is 0.692. The van der Waals surface area contributed by atoms with Gasteiger partial charge in [0.2, 0.25) is 5.13 Å². The van der Waals surface area contributed by atoms with E-state index in [2.05, 4.69) is 28.5 Å². The van der Waals surface area contributed by atoms with Gasteiger partial charge in [-0.1, -0.05) is 13.8 Å². The number of nitrogens with one attached hydrogen (secondary N) is 1. The Balaban J connectivity index is 1.99. The van der Waals surface area contributed by atoms with Crippen LogP contribution in [0.5, 0.6) is 0 Å². The largest absolute Gasteiger partial charge is 0.358 e. The van der Waals surface area contributed by atoms with Gasteiger partial charge in [0.25, 0.3) is 0 Å². The standard InChI is InChI=1S/C9H15N3S/c1-3-6(2)8-11-9(13-12-8)10-7-4-5-7/h6-7H,3-5H2,1-2H3,(H,10,11,12). The summed E-state index contributed by atoms with van der Waals surface area (Å²) >= 11 is 1.49. The van der Waals surface area contributed by atoms with E-state index in [1.807, 2.05) is 0 Å². The first kappa shape index (κ1) is 8.94. The van der Waals surface area contributed by atoms with Gasteiger partial charge in [0, 0.05) is 23.5 Å². The summed E-state index contributed by atoms with van der Waals surface area (Å²) in [5.74, 6) is 1.49. The van der Waals surface area contributed by atoms with Crippen LogP contribution in [0.25, 0.3) is 0 Å². The van der Waals surface area contributed by atoms with Crippen molar-refractivity contribution in [3.05, 3.63) is 5.82 Å². The summed E-state index contributed by atoms with van der Waals surface area (Å²) in [6, 6.07) is 0.678. The topological polar surface area (TPSA) is 37.8 Å². The highest BCUT2D eigenvalue weighted by atomic mass is 32.1. The molecule has 1 aromatic rings. The van der Waals surface area contributed by atoms with Crippen LogP contribution in [-0.4, -0.2) is 15.4 Å². The van der Waals surface area contributed by atoms with Crippen molar-refractivity contribution in [2.45, 2.75) is 45.1 Å². The molecule has 3 nitrogen and oxygen atoms in total. The SMILES string of the molecule is CCC(C)c1nsc(NC2CC2)n1. The first-order valence-corrected chi connectivity index (χ1v) is 5.67. The zero-order chi connectivity index (χ0) is 9.26. The highest BCUT2D eigenvalue weighted by molar-refractivity contribution is 7.09. The molecule has 4 heteroatoms. The van der Waals surface area contributed by atoms with Crippen LogP contribution in [0.3, 0.4) is 0 Å². The molecule has 72 valence electrons. The van der Waals surface area contributed by atoms with Crippen LogP contribution in [0.1, 0.15) is 44.9 Å². The molecule has 1 aliphatic carbocycles. The average Bonchev–Trinajstić information content (AvgIpc) is 2.81. The predicted octanol–water partition coefficient (Wildman–Crippen LogP) is 2.63. The maximum absolute atomic E-state index is 4.46. The van der Waals surface area contributed by atoms with Gasteiger partial charge in [-0.3, -0.25) is 0 Å². The molecule has 0 bridgehead atoms. The minimum absolute atomic E-state index is 0.492. The van der Waals surface area contributed by atoms with Gasteiger partial charge in [0.1, 0.15) is 5.82 Å². The van der Waals surface area contributed by atoms with Gasteiger partial charge >= 0.3 is 0 Å². The summed E-state index contributed by atoms with van der Waals surface area (Å²) < 4.78 is 4.34. The fourth-order valence-electron chi connectivity index (χ4n) is 1.08. The molecule has 1 unspecified atom stereocenters. The van der Waals surface area contributed by atoms with E-state index in [-0.39, 0.29) is 0 Å². The number of anilines is 1. The monoisotopic (exact) mass is 197 g/mol. The van der Waals surface area contributed by atoms with Gasteiger partial charge in [0.15, 0.2) is 0 Å². The molecular weight excluding hydrogens is 182 g/mol. The Hall–Kier alpha value is -0.640. The first-order valence-electron chi connectivity index (χ1n) is 4.89. The summed E-state index contributed by atoms with van der Waals surface area (Å²) in [7, 11) is 0. The zero-order valence-corrected chi connectivity index (χ0v) is 8.90. The Labute approximate surface area is 82.8 Å². The van der Waals surface area contributed by atoms with Gasteiger partial charge in [-0.15, -0.1) is 0 Å². The molecule has 1 fully saturated rings. The normalized spacial score (nSPS) is 18.6. The minimum Gasteiger partial charge on any atom is -0.358 e. The molecule has 1 N–H and O–H groups in total. The lowest BCUT2D eigenvalue weighted by Crippen LogP contribution is -2.01. The number of nitrogens with zero attached hydrogens (tertiary/aromatic N) is 2. The molecule has 0 spiro atoms. The van der Waals surface area contributed by atoms with E-state index in [0.29, 0.717) is 12.0 Å². The van der Waals surface area contributed by atoms with Crippen molar-refractivity contribution in [2.24, 2.45) is 0 Å². The second-order valence-electron chi connectivity index (χ2n) is 3.69. The van der Waals surface area contributed by atoms with Crippen LogP contribution in [0.15, 0.2) is 0 Å². The van der Waals surface area contributed by atoms with Crippen molar-refractivity contribution in [3.63, 3.8) is 0 Å². The van der Waals surface area contributed by atoms with E-state index in [1.165, 1.54) is 24.4 Å². The molecule has 0 radical (unpaired) electrons. The molecule has 2 rings (SSSR count). The van der Waals surface area contributed by atoms with Crippen molar-refractivity contribution in [3.8, 4) is 0 Å². The Morgan fingerprint density at radius 2 is 2.38 bits per heavy atom. The molecule has 1 heterocycles. The summed E-state index contributed by atoms with van der Waals surface area (Å²) in [5.41, 5.74) is 0. The summed E-state index contributed by atoms with van der Waals surface area (Å²) in [6.45, 7) is 4.34. The predicted molar refractivity (Wildman–Crippen MR) is 55.3 cm³/mol. The van der Waals surface area contributed by atoms with E-state index in [0.717, 1.165) is 17.4 Å². The Kier molecular flexibility index (Phi) is 2.49. The van der Waals surface area contributed by atoms with Gasteiger partial charge in [0.05, 0.1) is 0 Å². The van der Waals surface area contributed by atoms with Crippen molar-refractivity contribution in [1.29, 1.82) is 0 Å². The van der Waals surface area contributed by atoms with Crippen LogP contribution in [0.2, 0.25) is 0 Å². The number of hydrogen-bond acceptors (Lipinski definition) is 4. The Morgan fingerprint density at radius 3 is 3.00 bits per heavy atom. The number of rotatable bonds is 4. The average molecular weight is 197 g/mol. The minimum atomic E-state index is 0.492. The molecule has 1 atom stereocenters. The van der Waals surface area contributed by atoms with Crippen LogP contribution >= 0.6 is 11.5 Å². The maximum Gasteiger partial charge on any atom is 0.202 e. The van der Waals surface area contributed by atoms with E-state index < -0.39 is 0 Å². The maximum atomic E-state index is 4.46. The lowest BCUT2D eigenvalue weighted by Gasteiger charge is -2.00. The third kappa shape index (κ3) is 2.18. The lowest BCUT2D eigenvalue weighted by atomic mass is 10.1. The van der Waals surface area contributed by atoms with E-state index >= 15 is 0 Å². The molecule has 0 saturated heterocycles. The molecule has 1 aliphatic rings. The molecular formula is C9H15N3S. The van der Waals surface area contributed by atoms with Crippen LogP contribution in [0, 0.1) is 0 Å². The van der Waals surface area contributed by atoms with Crippen molar-refractivity contribution < 1.29 is 0 Å². The van der Waals surface area contributed by atoms with Crippen molar-refractivity contribution in [1.82, 2.24) is 9.36 Å². The highest BCUT2D eigenvalue weighted by Gasteiger charge is 2.22. The molecule has 1 aromatic heterocycles. The molecule has 1 saturated carbocycles. The number of hydrogen-bond donors (Lipinski definition) is 1. The van der Waals surface area contributed by atoms with Crippen LogP contribution < -0.4 is 5.32 Å². The molecule has 13 heavy (non-hydrogen) atoms. The summed E-state index contributed by atoms with van der Waals surface area (Å²) in [4.78, 5) is 4.46. The van der Waals surface area contributed by atoms with Gasteiger partial charge in [-0.2, -0.15) is 4.37 Å². The quantitative estimate of drug-likeness (QED) is 0.806. The van der Waals surface area contributed by atoms with Crippen molar-refractivity contribution >= 4 is 16.7 Å². The number of aromatic nitrogens is 2. The van der Waals surface area contributed by atoms with Gasteiger partial charge in [-0.25, -0.2) is 4.98 Å². The fraction of sp³-hybridized carbons (Fsp3) is 0.778. The zero-order valence-electron chi connectivity index (χ0n) is 8.08. The third-order valence-electron chi connectivity index (χ3n) is 2.40. The molecule has 0 aliphatic heterocycles. The third-order valence-corrected chi connectivity index (χ3v) is 3.06. The van der Waals surface area contributed by atoms with Crippen LogP contribution in [-0.2, 0) is 0 Å². The first-order chi connectivity index (χ1) is 6.29. The van der Waals surface area contributed by atoms with E-state index in [4.69, 9.17) is 0 Å². The smallest absolute Gasteiger partial charge is 0.202 e. The Morgan fingerprint density at radius 1 is 1.62 bits per heavy atom. The van der Waals surface area contributed by atoms with Crippen molar-refractivity contribution in [2.75, 3.05) is 5.32 Å². The van der Waals surface area contributed by atoms with Gasteiger partial charge < -0.3 is 5.32 Å². The summed E-state index contributed by atoms with van der Waals surface area (Å²) in [6.07, 6.45) is 3.69. The summed E-state index contributed by atoms with van der Waals surface area (Å²) in [5, 5.41) is 4.36. The Bertz CT molecular complexity index is 280. The second-order valence-corrected chi connectivity index (χ2v) is 4.44. The molecule has 0 amide bonds. The van der Waals surface area contributed by atoms with Crippen LogP contribution in [0.4, 0.5) is 5.13 Å². The highest BCUT2D eigenvalue weighted by Crippen LogP contribution is 2.27. The van der Waals surface area contributed by atoms with E-state index in [1.54, 1.807) is 0 Å². The fourth-order valence-corrected chi connectivity index (χ4v) is 1.83. The van der Waals surface area contributed by atoms with E-state index in [9.17, 15) is 0 Å². The second kappa shape index (κ2) is 3.62.